The molecule has 15 heteroatoms. The first kappa shape index (κ1) is 35.7. The van der Waals surface area contributed by atoms with Crippen LogP contribution < -0.4 is 15.2 Å². The summed E-state index contributed by atoms with van der Waals surface area (Å²) in [7, 11) is -6.87. The van der Waals surface area contributed by atoms with Gasteiger partial charge in [-0.1, -0.05) is 0 Å². The van der Waals surface area contributed by atoms with Gasteiger partial charge in [0.1, 0.15) is 25.9 Å². The van der Waals surface area contributed by atoms with Crippen molar-refractivity contribution >= 4 is 21.1 Å². The smallest absolute Gasteiger partial charge is 0.356 e. The predicted molar refractivity (Wildman–Crippen MR) is 148 cm³/mol. The number of anilines is 1. The molecule has 1 rings (SSSR count). The van der Waals surface area contributed by atoms with Crippen molar-refractivity contribution in [3.05, 3.63) is 6.07 Å². The lowest BCUT2D eigenvalue weighted by atomic mass is 10.4. The average Bonchev–Trinajstić information content (AvgIpc) is 2.76. The molecule has 39 heavy (non-hydrogen) atoms. The third-order valence-electron chi connectivity index (χ3n) is 4.15. The fraction of sp³-hybridized carbons (Fsp3) is 0.833. The fourth-order valence-corrected chi connectivity index (χ4v) is 6.75. The SMILES string of the molecule is CC(C)OP(=O)(CO[C@H](C)COc1cc(OC[C@H](C)OCP(=O)(OC(C)C)OC(C)C)nc(N)n1)OC(C)C. The van der Waals surface area contributed by atoms with Gasteiger partial charge in [-0.25, -0.2) is 0 Å². The van der Waals surface area contributed by atoms with E-state index < -0.39 is 27.4 Å². The highest BCUT2D eigenvalue weighted by Gasteiger charge is 2.30. The molecular formula is C24H47N3O10P2. The van der Waals surface area contributed by atoms with Gasteiger partial charge in [-0.05, 0) is 69.2 Å². The summed E-state index contributed by atoms with van der Waals surface area (Å²) in [6.45, 7) is 17.9. The summed E-state index contributed by atoms with van der Waals surface area (Å²) < 4.78 is 70.5. The van der Waals surface area contributed by atoms with Gasteiger partial charge in [-0.15, -0.1) is 0 Å². The van der Waals surface area contributed by atoms with E-state index in [4.69, 9.17) is 42.8 Å². The van der Waals surface area contributed by atoms with Gasteiger partial charge in [0.25, 0.3) is 0 Å². The van der Waals surface area contributed by atoms with Crippen molar-refractivity contribution in [3.8, 4) is 11.8 Å². The average molecular weight is 600 g/mol. The Morgan fingerprint density at radius 2 is 0.949 bits per heavy atom. The van der Waals surface area contributed by atoms with Gasteiger partial charge in [-0.2, -0.15) is 9.97 Å². The first-order valence-corrected chi connectivity index (χ1v) is 16.5. The monoisotopic (exact) mass is 599 g/mol. The molecule has 0 aliphatic carbocycles. The van der Waals surface area contributed by atoms with E-state index >= 15 is 0 Å². The van der Waals surface area contributed by atoms with E-state index in [1.54, 1.807) is 69.2 Å². The second-order valence-corrected chi connectivity index (χ2v) is 13.9. The standard InChI is InChI=1S/C24H47N3O10P2/c1-16(2)34-38(28,35-17(3)4)14-32-20(9)12-30-22-11-23(27-24(25)26-22)31-13-21(10)33-15-39(29,36-18(5)6)37-19(7)8/h11,16-21H,12-15H2,1-10H3,(H2,25,26,27)/t20-,21+. The lowest BCUT2D eigenvalue weighted by molar-refractivity contribution is 0.0338. The van der Waals surface area contributed by atoms with E-state index in [9.17, 15) is 9.13 Å². The molecule has 2 atom stereocenters. The van der Waals surface area contributed by atoms with Gasteiger partial charge >= 0.3 is 15.2 Å². The van der Waals surface area contributed by atoms with Crippen molar-refractivity contribution < 1.29 is 46.2 Å². The molecule has 0 amide bonds. The number of nitrogens with two attached hydrogens (primary N) is 1. The van der Waals surface area contributed by atoms with Crippen molar-refractivity contribution in [2.24, 2.45) is 0 Å². The molecule has 13 nitrogen and oxygen atoms in total. The quantitative estimate of drug-likeness (QED) is 0.184. The number of hydrogen-bond donors (Lipinski definition) is 1. The molecule has 0 aliphatic heterocycles. The number of rotatable bonds is 20. The van der Waals surface area contributed by atoms with E-state index in [1.165, 1.54) is 6.07 Å². The zero-order valence-corrected chi connectivity index (χ0v) is 26.6. The largest absolute Gasteiger partial charge is 0.475 e. The van der Waals surface area contributed by atoms with E-state index in [0.717, 1.165) is 0 Å². The molecule has 0 radical (unpaired) electrons. The Balaban J connectivity index is 2.64. The minimum Gasteiger partial charge on any atom is -0.475 e. The Bertz CT molecular complexity index is 850. The summed E-state index contributed by atoms with van der Waals surface area (Å²) in [5.41, 5.74) is 5.80. The first-order valence-electron chi connectivity index (χ1n) is 13.1. The van der Waals surface area contributed by atoms with E-state index in [-0.39, 0.29) is 68.0 Å². The number of hydrogen-bond acceptors (Lipinski definition) is 13. The molecule has 0 fully saturated rings. The molecule has 1 aromatic rings. The third kappa shape index (κ3) is 15.9. The van der Waals surface area contributed by atoms with Crippen LogP contribution in [0, 0.1) is 0 Å². The zero-order valence-electron chi connectivity index (χ0n) is 24.8. The molecule has 2 N–H and O–H groups in total. The van der Waals surface area contributed by atoms with E-state index in [0.29, 0.717) is 0 Å². The van der Waals surface area contributed by atoms with Crippen molar-refractivity contribution in [1.29, 1.82) is 0 Å². The number of nitrogens with zero attached hydrogens (tertiary/aromatic N) is 2. The molecular weight excluding hydrogens is 552 g/mol. The summed E-state index contributed by atoms with van der Waals surface area (Å²) in [4.78, 5) is 8.10. The van der Waals surface area contributed by atoms with Crippen LogP contribution in [0.4, 0.5) is 5.95 Å². The second kappa shape index (κ2) is 16.8. The Kier molecular flexibility index (Phi) is 15.4. The Morgan fingerprint density at radius 3 is 1.23 bits per heavy atom. The second-order valence-electron chi connectivity index (χ2n) is 10.1. The summed E-state index contributed by atoms with van der Waals surface area (Å²) in [6.07, 6.45) is -2.50. The van der Waals surface area contributed by atoms with Gasteiger partial charge in [0.2, 0.25) is 17.7 Å². The Labute approximate surface area is 232 Å². The van der Waals surface area contributed by atoms with Gasteiger partial charge in [-0.3, -0.25) is 9.13 Å². The summed E-state index contributed by atoms with van der Waals surface area (Å²) in [5, 5.41) is 0. The number of ether oxygens (including phenoxy) is 4. The molecule has 0 aliphatic rings. The zero-order chi connectivity index (χ0) is 29.8. The van der Waals surface area contributed by atoms with Crippen LogP contribution in [-0.2, 0) is 36.7 Å². The van der Waals surface area contributed by atoms with E-state index in [1.807, 2.05) is 0 Å². The third-order valence-corrected chi connectivity index (χ3v) is 8.05. The van der Waals surface area contributed by atoms with Crippen LogP contribution in [0.2, 0.25) is 0 Å². The van der Waals surface area contributed by atoms with Crippen LogP contribution in [0.5, 0.6) is 11.8 Å². The molecule has 0 saturated heterocycles. The van der Waals surface area contributed by atoms with Gasteiger partial charge in [0.05, 0.1) is 42.7 Å². The topological polar surface area (TPSA) is 160 Å². The van der Waals surface area contributed by atoms with Crippen molar-refractivity contribution in [3.63, 3.8) is 0 Å². The Hall–Kier alpha value is -1.30. The van der Waals surface area contributed by atoms with Gasteiger partial charge in [0, 0.05) is 0 Å². The highest BCUT2D eigenvalue weighted by Crippen LogP contribution is 2.51. The summed E-state index contributed by atoms with van der Waals surface area (Å²) in [6, 6.07) is 1.47. The molecule has 0 spiro atoms. The lowest BCUT2D eigenvalue weighted by Gasteiger charge is -2.24. The van der Waals surface area contributed by atoms with Crippen molar-refractivity contribution in [2.75, 3.05) is 31.6 Å². The van der Waals surface area contributed by atoms with Crippen LogP contribution in [0.25, 0.3) is 0 Å². The highest BCUT2D eigenvalue weighted by atomic mass is 31.2. The fourth-order valence-electron chi connectivity index (χ4n) is 2.96. The van der Waals surface area contributed by atoms with Gasteiger partial charge in [0.15, 0.2) is 0 Å². The molecule has 0 saturated carbocycles. The lowest BCUT2D eigenvalue weighted by Crippen LogP contribution is -2.22. The minimum atomic E-state index is -3.43. The normalized spacial score (nSPS) is 14.4. The molecule has 0 bridgehead atoms. The number of nitrogen functional groups attached to an aromatic ring is 1. The van der Waals surface area contributed by atoms with Gasteiger partial charge < -0.3 is 42.8 Å². The maximum atomic E-state index is 12.9. The Morgan fingerprint density at radius 1 is 0.641 bits per heavy atom. The summed E-state index contributed by atoms with van der Waals surface area (Å²) in [5.74, 6) is 0.286. The van der Waals surface area contributed by atoms with Crippen molar-refractivity contribution in [2.45, 2.75) is 106 Å². The van der Waals surface area contributed by atoms with Crippen LogP contribution in [0.15, 0.2) is 6.07 Å². The van der Waals surface area contributed by atoms with Crippen LogP contribution >= 0.6 is 15.2 Å². The van der Waals surface area contributed by atoms with Crippen LogP contribution in [0.3, 0.4) is 0 Å². The molecule has 0 unspecified atom stereocenters. The summed E-state index contributed by atoms with van der Waals surface area (Å²) >= 11 is 0. The van der Waals surface area contributed by atoms with Crippen LogP contribution in [-0.4, -0.2) is 72.5 Å². The van der Waals surface area contributed by atoms with E-state index in [2.05, 4.69) is 9.97 Å². The molecule has 1 aromatic heterocycles. The molecule has 0 aromatic carbocycles. The maximum Gasteiger partial charge on any atom is 0.356 e. The van der Waals surface area contributed by atoms with Crippen LogP contribution in [0.1, 0.15) is 69.2 Å². The highest BCUT2D eigenvalue weighted by molar-refractivity contribution is 7.53. The predicted octanol–water partition coefficient (Wildman–Crippen LogP) is 5.63. The van der Waals surface area contributed by atoms with Crippen molar-refractivity contribution in [1.82, 2.24) is 9.97 Å². The number of aromatic nitrogens is 2. The minimum absolute atomic E-state index is 0.0509. The first-order chi connectivity index (χ1) is 18.0. The molecule has 1 heterocycles. The molecule has 228 valence electrons. The maximum absolute atomic E-state index is 12.9.